The predicted molar refractivity (Wildman–Crippen MR) is 91.5 cm³/mol. The monoisotopic (exact) mass is 317 g/mol. The van der Waals surface area contributed by atoms with Gasteiger partial charge in [-0.3, -0.25) is 19.0 Å². The van der Waals surface area contributed by atoms with Crippen LogP contribution in [0, 0.1) is 0 Å². The number of aromatic nitrogens is 5. The average Bonchev–Trinajstić information content (AvgIpc) is 3.05. The second kappa shape index (κ2) is 5.73. The topological polar surface area (TPSA) is 65.6 Å². The Kier molecular flexibility index (Phi) is 3.42. The molecule has 0 saturated carbocycles. The van der Waals surface area contributed by atoms with E-state index in [4.69, 9.17) is 0 Å². The second-order valence-corrected chi connectivity index (χ2v) is 5.67. The van der Waals surface area contributed by atoms with Gasteiger partial charge in [-0.25, -0.2) is 4.98 Å². The molecule has 6 nitrogen and oxygen atoms in total. The Hall–Kier alpha value is -3.28. The Morgan fingerprint density at radius 2 is 1.88 bits per heavy atom. The normalized spacial score (nSPS) is 11.0. The van der Waals surface area contributed by atoms with E-state index in [0.29, 0.717) is 17.4 Å². The summed E-state index contributed by atoms with van der Waals surface area (Å²) >= 11 is 0. The minimum atomic E-state index is -0.0567. The van der Waals surface area contributed by atoms with Gasteiger partial charge in [-0.1, -0.05) is 24.3 Å². The van der Waals surface area contributed by atoms with Crippen LogP contribution >= 0.6 is 0 Å². The maximum atomic E-state index is 12.5. The molecule has 0 bridgehead atoms. The highest BCUT2D eigenvalue weighted by atomic mass is 16.1. The van der Waals surface area contributed by atoms with E-state index < -0.39 is 0 Å². The molecule has 118 valence electrons. The number of pyridine rings is 1. The highest BCUT2D eigenvalue weighted by Crippen LogP contribution is 2.19. The SMILES string of the molecule is Cn1cc(-c2ccc(Cn3cnc4cnccc4c3=O)cc2)cn1. The molecule has 0 N–H and O–H groups in total. The third-order valence-electron chi connectivity index (χ3n) is 3.97. The molecule has 6 heteroatoms. The van der Waals surface area contributed by atoms with E-state index in [-0.39, 0.29) is 5.56 Å². The first-order valence-corrected chi connectivity index (χ1v) is 7.58. The highest BCUT2D eigenvalue weighted by molar-refractivity contribution is 5.75. The van der Waals surface area contributed by atoms with Gasteiger partial charge < -0.3 is 0 Å². The molecule has 0 aliphatic rings. The van der Waals surface area contributed by atoms with Crippen molar-refractivity contribution in [1.82, 2.24) is 24.3 Å². The first kappa shape index (κ1) is 14.3. The van der Waals surface area contributed by atoms with Crippen molar-refractivity contribution in [2.24, 2.45) is 7.05 Å². The van der Waals surface area contributed by atoms with E-state index in [2.05, 4.69) is 15.1 Å². The number of aryl methyl sites for hydroxylation is 1. The molecule has 0 saturated heterocycles. The molecule has 0 amide bonds. The van der Waals surface area contributed by atoms with Gasteiger partial charge in [0, 0.05) is 25.0 Å². The molecule has 0 fully saturated rings. The van der Waals surface area contributed by atoms with Crippen LogP contribution in [0.3, 0.4) is 0 Å². The van der Waals surface area contributed by atoms with Crippen LogP contribution in [0.5, 0.6) is 0 Å². The standard InChI is InChI=1S/C18H15N5O/c1-22-11-15(8-21-22)14-4-2-13(3-5-14)10-23-12-20-17-9-19-7-6-16(17)18(23)24/h2-9,11-12H,10H2,1H3. The molecule has 3 aromatic heterocycles. The molecule has 3 heterocycles. The molecule has 0 unspecified atom stereocenters. The zero-order valence-electron chi connectivity index (χ0n) is 13.1. The summed E-state index contributed by atoms with van der Waals surface area (Å²) in [6.07, 6.45) is 8.59. The van der Waals surface area contributed by atoms with Crippen molar-refractivity contribution in [3.05, 3.63) is 77.4 Å². The van der Waals surface area contributed by atoms with Gasteiger partial charge in [0.25, 0.3) is 5.56 Å². The van der Waals surface area contributed by atoms with E-state index in [1.165, 1.54) is 0 Å². The van der Waals surface area contributed by atoms with Gasteiger partial charge in [0.2, 0.25) is 0 Å². The minimum absolute atomic E-state index is 0.0567. The van der Waals surface area contributed by atoms with Gasteiger partial charge in [0.1, 0.15) is 0 Å². The number of rotatable bonds is 3. The van der Waals surface area contributed by atoms with E-state index in [0.717, 1.165) is 16.7 Å². The van der Waals surface area contributed by atoms with Crippen LogP contribution in [0.15, 0.2) is 66.2 Å². The van der Waals surface area contributed by atoms with E-state index >= 15 is 0 Å². The van der Waals surface area contributed by atoms with Crippen LogP contribution in [-0.4, -0.2) is 24.3 Å². The predicted octanol–water partition coefficient (Wildman–Crippen LogP) is 2.24. The Labute approximate surface area is 138 Å². The van der Waals surface area contributed by atoms with Crippen molar-refractivity contribution >= 4 is 10.9 Å². The van der Waals surface area contributed by atoms with Crippen molar-refractivity contribution in [1.29, 1.82) is 0 Å². The number of benzene rings is 1. The van der Waals surface area contributed by atoms with Crippen molar-refractivity contribution in [3.8, 4) is 11.1 Å². The smallest absolute Gasteiger partial charge is 0.261 e. The lowest BCUT2D eigenvalue weighted by atomic mass is 10.1. The van der Waals surface area contributed by atoms with Crippen LogP contribution in [0.1, 0.15) is 5.56 Å². The third-order valence-corrected chi connectivity index (χ3v) is 3.97. The number of hydrogen-bond acceptors (Lipinski definition) is 4. The van der Waals surface area contributed by atoms with Crippen LogP contribution in [-0.2, 0) is 13.6 Å². The number of hydrogen-bond donors (Lipinski definition) is 0. The van der Waals surface area contributed by atoms with Crippen molar-refractivity contribution < 1.29 is 0 Å². The summed E-state index contributed by atoms with van der Waals surface area (Å²) in [6.45, 7) is 0.484. The van der Waals surface area contributed by atoms with Gasteiger partial charge in [-0.2, -0.15) is 5.10 Å². The maximum absolute atomic E-state index is 12.5. The highest BCUT2D eigenvalue weighted by Gasteiger charge is 2.05. The Bertz CT molecular complexity index is 1060. The van der Waals surface area contributed by atoms with Gasteiger partial charge in [-0.15, -0.1) is 0 Å². The molecule has 0 spiro atoms. The Morgan fingerprint density at radius 1 is 1.04 bits per heavy atom. The van der Waals surface area contributed by atoms with Crippen molar-refractivity contribution in [3.63, 3.8) is 0 Å². The van der Waals surface area contributed by atoms with Gasteiger partial charge >= 0.3 is 0 Å². The lowest BCUT2D eigenvalue weighted by Gasteiger charge is -2.07. The molecule has 0 aliphatic carbocycles. The molecule has 4 aromatic rings. The zero-order chi connectivity index (χ0) is 16.5. The van der Waals surface area contributed by atoms with E-state index in [1.54, 1.807) is 34.0 Å². The van der Waals surface area contributed by atoms with E-state index in [9.17, 15) is 4.79 Å². The first-order valence-electron chi connectivity index (χ1n) is 7.58. The number of fused-ring (bicyclic) bond motifs is 1. The zero-order valence-corrected chi connectivity index (χ0v) is 13.1. The third kappa shape index (κ3) is 2.58. The molecular formula is C18H15N5O. The van der Waals surface area contributed by atoms with Crippen LogP contribution in [0.25, 0.3) is 22.0 Å². The summed E-state index contributed by atoms with van der Waals surface area (Å²) in [6, 6.07) is 9.81. The Morgan fingerprint density at radius 3 is 2.62 bits per heavy atom. The fraction of sp³-hybridized carbons (Fsp3) is 0.111. The first-order chi connectivity index (χ1) is 11.7. The summed E-state index contributed by atoms with van der Waals surface area (Å²) in [5.74, 6) is 0. The molecule has 24 heavy (non-hydrogen) atoms. The largest absolute Gasteiger partial charge is 0.294 e. The quantitative estimate of drug-likeness (QED) is 0.581. The van der Waals surface area contributed by atoms with Crippen LogP contribution in [0.4, 0.5) is 0 Å². The molecule has 0 radical (unpaired) electrons. The lowest BCUT2D eigenvalue weighted by molar-refractivity contribution is 0.748. The van der Waals surface area contributed by atoms with Crippen molar-refractivity contribution in [2.45, 2.75) is 6.54 Å². The van der Waals surface area contributed by atoms with Crippen LogP contribution < -0.4 is 5.56 Å². The average molecular weight is 317 g/mol. The molecule has 0 aliphatic heterocycles. The molecular weight excluding hydrogens is 302 g/mol. The van der Waals surface area contributed by atoms with Gasteiger partial charge in [0.05, 0.1) is 36.2 Å². The van der Waals surface area contributed by atoms with E-state index in [1.807, 2.05) is 43.7 Å². The fourth-order valence-electron chi connectivity index (χ4n) is 2.69. The van der Waals surface area contributed by atoms with Crippen LogP contribution in [0.2, 0.25) is 0 Å². The summed E-state index contributed by atoms with van der Waals surface area (Å²) in [7, 11) is 1.90. The summed E-state index contributed by atoms with van der Waals surface area (Å²) in [4.78, 5) is 20.8. The summed E-state index contributed by atoms with van der Waals surface area (Å²) < 4.78 is 3.39. The maximum Gasteiger partial charge on any atom is 0.261 e. The second-order valence-electron chi connectivity index (χ2n) is 5.67. The lowest BCUT2D eigenvalue weighted by Crippen LogP contribution is -2.21. The van der Waals surface area contributed by atoms with Gasteiger partial charge in [-0.05, 0) is 17.2 Å². The molecule has 4 rings (SSSR count). The Balaban J connectivity index is 1.64. The minimum Gasteiger partial charge on any atom is -0.294 e. The van der Waals surface area contributed by atoms with Crippen molar-refractivity contribution in [2.75, 3.05) is 0 Å². The molecule has 1 aromatic carbocycles. The fourth-order valence-corrected chi connectivity index (χ4v) is 2.69. The van der Waals surface area contributed by atoms with Gasteiger partial charge in [0.15, 0.2) is 0 Å². The summed E-state index contributed by atoms with van der Waals surface area (Å²) in [5, 5.41) is 4.76. The summed E-state index contributed by atoms with van der Waals surface area (Å²) in [5.41, 5.74) is 3.77. The molecule has 0 atom stereocenters. The number of nitrogens with zero attached hydrogens (tertiary/aromatic N) is 5.